The molecule has 1 aliphatic rings. The zero-order valence-corrected chi connectivity index (χ0v) is 10.2. The van der Waals surface area contributed by atoms with Gasteiger partial charge in [0.2, 0.25) is 0 Å². The van der Waals surface area contributed by atoms with Crippen molar-refractivity contribution in [2.24, 2.45) is 0 Å². The molecule has 0 aromatic heterocycles. The Morgan fingerprint density at radius 1 is 0.889 bits per heavy atom. The number of para-hydroxylation sites is 2. The van der Waals surface area contributed by atoms with Crippen LogP contribution in [0.1, 0.15) is 12.5 Å². The van der Waals surface area contributed by atoms with Crippen LogP contribution in [0.15, 0.2) is 60.6 Å². The number of benzene rings is 2. The van der Waals surface area contributed by atoms with E-state index in [1.165, 1.54) is 5.56 Å². The molecule has 0 N–H and O–H groups in total. The van der Waals surface area contributed by atoms with Crippen LogP contribution < -0.4 is 9.31 Å². The van der Waals surface area contributed by atoms with Gasteiger partial charge in [-0.25, -0.2) is 0 Å². The fourth-order valence-electron chi connectivity index (χ4n) is 1.99. The smallest absolute Gasteiger partial charge is 0.520 e. The van der Waals surface area contributed by atoms with E-state index in [0.29, 0.717) is 0 Å². The minimum Gasteiger partial charge on any atom is -0.520 e. The number of hydrogen-bond acceptors (Lipinski definition) is 2. The van der Waals surface area contributed by atoms with Crippen LogP contribution in [-0.4, -0.2) is 7.12 Å². The summed E-state index contributed by atoms with van der Waals surface area (Å²) in [5, 5.41) is 0. The first kappa shape index (κ1) is 11.0. The summed E-state index contributed by atoms with van der Waals surface area (Å²) in [6.45, 7) is 2.06. The normalized spacial score (nSPS) is 13.8. The summed E-state index contributed by atoms with van der Waals surface area (Å²) in [6.07, 6.45) is 0. The lowest BCUT2D eigenvalue weighted by atomic mass is 9.86. The zero-order chi connectivity index (χ0) is 12.4. The van der Waals surface area contributed by atoms with Crippen LogP contribution in [0.25, 0.3) is 5.57 Å². The van der Waals surface area contributed by atoms with Gasteiger partial charge < -0.3 is 9.31 Å². The maximum absolute atomic E-state index is 5.70. The lowest BCUT2D eigenvalue weighted by Crippen LogP contribution is -2.21. The van der Waals surface area contributed by atoms with E-state index < -0.39 is 0 Å². The van der Waals surface area contributed by atoms with E-state index in [-0.39, 0.29) is 7.12 Å². The Morgan fingerprint density at radius 2 is 1.44 bits per heavy atom. The number of rotatable bonds is 2. The predicted molar refractivity (Wildman–Crippen MR) is 73.5 cm³/mol. The van der Waals surface area contributed by atoms with Crippen LogP contribution in [-0.2, 0) is 0 Å². The summed E-state index contributed by atoms with van der Waals surface area (Å²) in [6, 6.07) is 17.9. The number of allylic oxidation sites excluding steroid dienone is 1. The molecule has 88 valence electrons. The largest absolute Gasteiger partial charge is 0.625 e. The van der Waals surface area contributed by atoms with Gasteiger partial charge in [0, 0.05) is 0 Å². The highest BCUT2D eigenvalue weighted by Crippen LogP contribution is 2.33. The molecule has 0 radical (unpaired) electrons. The van der Waals surface area contributed by atoms with Crippen molar-refractivity contribution >= 4 is 12.7 Å². The summed E-state index contributed by atoms with van der Waals surface area (Å²) in [5.74, 6) is 3.61. The van der Waals surface area contributed by atoms with Crippen molar-refractivity contribution in [2.45, 2.75) is 6.92 Å². The van der Waals surface area contributed by atoms with Gasteiger partial charge in [0.15, 0.2) is 0 Å². The molecule has 18 heavy (non-hydrogen) atoms. The highest BCUT2D eigenvalue weighted by atomic mass is 16.6. The molecule has 0 unspecified atom stereocenters. The van der Waals surface area contributed by atoms with Gasteiger partial charge in [0.05, 0.1) is 0 Å². The van der Waals surface area contributed by atoms with E-state index in [9.17, 15) is 0 Å². The SMILES string of the molecule is C/C(=C/B1Oc2ccccc2O1)c1ccccc1. The molecule has 0 saturated heterocycles. The molecule has 2 nitrogen and oxygen atoms in total. The summed E-state index contributed by atoms with van der Waals surface area (Å²) < 4.78 is 11.4. The highest BCUT2D eigenvalue weighted by molar-refractivity contribution is 6.54. The maximum Gasteiger partial charge on any atom is 0.625 e. The van der Waals surface area contributed by atoms with Crippen molar-refractivity contribution < 1.29 is 9.31 Å². The van der Waals surface area contributed by atoms with Gasteiger partial charge >= 0.3 is 7.12 Å². The van der Waals surface area contributed by atoms with Gasteiger partial charge in [-0.2, -0.15) is 0 Å². The standard InChI is InChI=1S/C15H13BO2/c1-12(13-7-3-2-4-8-13)11-16-17-14-9-5-6-10-15(14)18-16/h2-11H,1H3/b12-11-. The van der Waals surface area contributed by atoms with Gasteiger partial charge in [-0.05, 0) is 36.2 Å². The van der Waals surface area contributed by atoms with E-state index in [1.54, 1.807) is 0 Å². The summed E-state index contributed by atoms with van der Waals surface area (Å²) in [7, 11) is -0.331. The molecule has 1 heterocycles. The van der Waals surface area contributed by atoms with Crippen molar-refractivity contribution in [1.82, 2.24) is 0 Å². The molecule has 0 atom stereocenters. The van der Waals surface area contributed by atoms with E-state index in [4.69, 9.17) is 9.31 Å². The van der Waals surface area contributed by atoms with Crippen LogP contribution >= 0.6 is 0 Å². The number of hydrogen-bond donors (Lipinski definition) is 0. The van der Waals surface area contributed by atoms with Crippen LogP contribution in [0.4, 0.5) is 0 Å². The molecule has 0 spiro atoms. The summed E-state index contributed by atoms with van der Waals surface area (Å²) in [5.41, 5.74) is 2.33. The van der Waals surface area contributed by atoms with E-state index in [2.05, 4.69) is 19.1 Å². The van der Waals surface area contributed by atoms with E-state index >= 15 is 0 Å². The lowest BCUT2D eigenvalue weighted by Gasteiger charge is -2.03. The highest BCUT2D eigenvalue weighted by Gasteiger charge is 2.29. The van der Waals surface area contributed by atoms with Gasteiger partial charge in [-0.15, -0.1) is 0 Å². The molecule has 0 fully saturated rings. The van der Waals surface area contributed by atoms with Gasteiger partial charge in [0.25, 0.3) is 0 Å². The van der Waals surface area contributed by atoms with Gasteiger partial charge in [-0.1, -0.05) is 42.5 Å². The van der Waals surface area contributed by atoms with Crippen LogP contribution in [0.5, 0.6) is 11.5 Å². The lowest BCUT2D eigenvalue weighted by molar-refractivity contribution is 0.517. The topological polar surface area (TPSA) is 18.5 Å². The van der Waals surface area contributed by atoms with Gasteiger partial charge in [0.1, 0.15) is 11.5 Å². The minimum absolute atomic E-state index is 0.331. The molecule has 0 aliphatic carbocycles. The monoisotopic (exact) mass is 236 g/mol. The Morgan fingerprint density at radius 3 is 2.06 bits per heavy atom. The molecule has 3 heteroatoms. The second-order valence-electron chi connectivity index (χ2n) is 4.27. The summed E-state index contributed by atoms with van der Waals surface area (Å²) in [4.78, 5) is 0. The van der Waals surface area contributed by atoms with E-state index in [0.717, 1.165) is 17.1 Å². The maximum atomic E-state index is 5.70. The first-order valence-corrected chi connectivity index (χ1v) is 5.99. The second kappa shape index (κ2) is 4.61. The van der Waals surface area contributed by atoms with Crippen molar-refractivity contribution in [2.75, 3.05) is 0 Å². The summed E-state index contributed by atoms with van der Waals surface area (Å²) >= 11 is 0. The first-order valence-electron chi connectivity index (χ1n) is 5.99. The van der Waals surface area contributed by atoms with Crippen LogP contribution in [0.2, 0.25) is 0 Å². The predicted octanol–water partition coefficient (Wildman–Crippen LogP) is 3.59. The number of fused-ring (bicyclic) bond motifs is 1. The third-order valence-electron chi connectivity index (χ3n) is 2.95. The third kappa shape index (κ3) is 2.12. The molecule has 0 amide bonds. The molecular weight excluding hydrogens is 223 g/mol. The fourth-order valence-corrected chi connectivity index (χ4v) is 1.99. The van der Waals surface area contributed by atoms with Crippen molar-refractivity contribution in [3.05, 3.63) is 66.1 Å². The van der Waals surface area contributed by atoms with Crippen molar-refractivity contribution in [3.8, 4) is 11.5 Å². The fraction of sp³-hybridized carbons (Fsp3) is 0.0667. The average molecular weight is 236 g/mol. The van der Waals surface area contributed by atoms with Crippen LogP contribution in [0, 0.1) is 0 Å². The Labute approximate surface area is 107 Å². The van der Waals surface area contributed by atoms with E-state index in [1.807, 2.05) is 48.4 Å². The third-order valence-corrected chi connectivity index (χ3v) is 2.95. The molecule has 2 aromatic rings. The van der Waals surface area contributed by atoms with Crippen molar-refractivity contribution in [1.29, 1.82) is 0 Å². The van der Waals surface area contributed by atoms with Crippen LogP contribution in [0.3, 0.4) is 0 Å². The van der Waals surface area contributed by atoms with Gasteiger partial charge in [-0.3, -0.25) is 0 Å². The van der Waals surface area contributed by atoms with Crippen molar-refractivity contribution in [3.63, 3.8) is 0 Å². The quantitative estimate of drug-likeness (QED) is 0.742. The molecule has 2 aromatic carbocycles. The molecular formula is C15H13BO2. The molecule has 3 rings (SSSR count). The first-order chi connectivity index (χ1) is 8.83. The Balaban J connectivity index is 1.80. The Kier molecular flexibility index (Phi) is 2.81. The molecule has 0 saturated carbocycles. The Hall–Kier alpha value is -2.16. The minimum atomic E-state index is -0.331. The molecule has 0 bridgehead atoms. The molecule has 1 aliphatic heterocycles. The zero-order valence-electron chi connectivity index (χ0n) is 10.2. The Bertz CT molecular complexity index is 553. The second-order valence-corrected chi connectivity index (χ2v) is 4.27. The average Bonchev–Trinajstić information content (AvgIpc) is 2.82.